The van der Waals surface area contributed by atoms with E-state index in [2.05, 4.69) is 29.2 Å². The second kappa shape index (κ2) is 6.88. The number of ether oxygens (including phenoxy) is 1. The molecule has 0 spiro atoms. The van der Waals surface area contributed by atoms with Gasteiger partial charge in [0.25, 0.3) is 5.91 Å². The van der Waals surface area contributed by atoms with Gasteiger partial charge in [0.05, 0.1) is 13.0 Å². The van der Waals surface area contributed by atoms with Crippen molar-refractivity contribution >= 4 is 17.9 Å². The van der Waals surface area contributed by atoms with Crippen molar-refractivity contribution in [1.82, 2.24) is 10.6 Å². The van der Waals surface area contributed by atoms with E-state index in [4.69, 9.17) is 0 Å². The number of rotatable bonds is 3. The Morgan fingerprint density at radius 3 is 2.18 bits per heavy atom. The van der Waals surface area contributed by atoms with Gasteiger partial charge in [-0.15, -0.1) is 0 Å². The van der Waals surface area contributed by atoms with Gasteiger partial charge in [-0.2, -0.15) is 0 Å². The smallest absolute Gasteiger partial charge is 0.322 e. The number of imide groups is 1. The maximum atomic E-state index is 11.2. The minimum atomic E-state index is -1.18. The van der Waals surface area contributed by atoms with E-state index < -0.39 is 23.4 Å². The van der Waals surface area contributed by atoms with Crippen LogP contribution in [-0.4, -0.2) is 30.1 Å². The Morgan fingerprint density at radius 1 is 1.29 bits per heavy atom. The molecule has 2 N–H and O–H groups in total. The molecule has 0 bridgehead atoms. The summed E-state index contributed by atoms with van der Waals surface area (Å²) in [5.41, 5.74) is -1.18. The largest absolute Gasteiger partial charge is 0.466 e. The van der Waals surface area contributed by atoms with Crippen LogP contribution in [0.4, 0.5) is 4.79 Å². The van der Waals surface area contributed by atoms with Crippen LogP contribution in [0.2, 0.25) is 0 Å². The number of hydrogen-bond donors (Lipinski definition) is 2. The van der Waals surface area contributed by atoms with Gasteiger partial charge >= 0.3 is 12.0 Å². The molecule has 17 heavy (non-hydrogen) atoms. The first-order chi connectivity index (χ1) is 7.89. The lowest BCUT2D eigenvalue weighted by atomic mass is 9.99. The maximum absolute atomic E-state index is 11.2. The zero-order valence-electron chi connectivity index (χ0n) is 10.8. The van der Waals surface area contributed by atoms with Gasteiger partial charge in [-0.25, -0.2) is 4.79 Å². The Bertz CT molecular complexity index is 304. The molecule has 6 heteroatoms. The summed E-state index contributed by atoms with van der Waals surface area (Å²) in [6.45, 7) is 7.65. The van der Waals surface area contributed by atoms with Crippen LogP contribution in [0.25, 0.3) is 0 Å². The van der Waals surface area contributed by atoms with Crippen LogP contribution in [0.1, 0.15) is 40.5 Å². The number of nitrogens with one attached hydrogen (secondary N) is 2. The van der Waals surface area contributed by atoms with Gasteiger partial charge in [0.2, 0.25) is 0 Å². The van der Waals surface area contributed by atoms with Crippen LogP contribution in [0.15, 0.2) is 0 Å². The Labute approximate surface area is 101 Å². The molecular weight excluding hydrogens is 224 g/mol. The molecule has 1 heterocycles. The Kier molecular flexibility index (Phi) is 6.23. The molecule has 1 rings (SSSR count). The van der Waals surface area contributed by atoms with Crippen LogP contribution < -0.4 is 10.6 Å². The van der Waals surface area contributed by atoms with E-state index in [9.17, 15) is 14.4 Å². The highest BCUT2D eigenvalue weighted by atomic mass is 16.5. The Morgan fingerprint density at radius 2 is 1.82 bits per heavy atom. The fourth-order valence-corrected chi connectivity index (χ4v) is 1.20. The summed E-state index contributed by atoms with van der Waals surface area (Å²) in [6.07, 6.45) is 1.10. The predicted octanol–water partition coefficient (Wildman–Crippen LogP) is 0.954. The van der Waals surface area contributed by atoms with Gasteiger partial charge in [-0.05, 0) is 13.8 Å². The van der Waals surface area contributed by atoms with Gasteiger partial charge in [-0.1, -0.05) is 20.3 Å². The van der Waals surface area contributed by atoms with Gasteiger partial charge in [0.1, 0.15) is 5.54 Å². The molecule has 0 radical (unpaired) electrons. The third-order valence-corrected chi connectivity index (χ3v) is 1.92. The molecule has 1 atom stereocenters. The highest BCUT2D eigenvalue weighted by molar-refractivity contribution is 6.08. The van der Waals surface area contributed by atoms with Crippen molar-refractivity contribution in [3.63, 3.8) is 0 Å². The quantitative estimate of drug-likeness (QED) is 0.572. The van der Waals surface area contributed by atoms with Crippen molar-refractivity contribution in [1.29, 1.82) is 0 Å². The van der Waals surface area contributed by atoms with E-state index in [0.717, 1.165) is 0 Å². The van der Waals surface area contributed by atoms with Crippen molar-refractivity contribution in [3.8, 4) is 0 Å². The summed E-state index contributed by atoms with van der Waals surface area (Å²) in [6, 6.07) is -0.582. The van der Waals surface area contributed by atoms with Crippen LogP contribution in [0.3, 0.4) is 0 Å². The molecule has 1 aliphatic rings. The number of esters is 1. The van der Waals surface area contributed by atoms with Crippen molar-refractivity contribution in [2.24, 2.45) is 0 Å². The predicted molar refractivity (Wildman–Crippen MR) is 62.3 cm³/mol. The SMILES string of the molecule is CCC.CCOC(=O)CC1(C)NC(=O)NC1=O. The van der Waals surface area contributed by atoms with Crippen LogP contribution >= 0.6 is 0 Å². The number of hydrogen-bond acceptors (Lipinski definition) is 4. The van der Waals surface area contributed by atoms with Gasteiger partial charge in [-0.3, -0.25) is 14.9 Å². The summed E-state index contributed by atoms with van der Waals surface area (Å²) in [5, 5.41) is 4.43. The third kappa shape index (κ3) is 4.84. The summed E-state index contributed by atoms with van der Waals surface area (Å²) in [7, 11) is 0. The summed E-state index contributed by atoms with van der Waals surface area (Å²) >= 11 is 0. The molecule has 98 valence electrons. The molecule has 0 aromatic heterocycles. The molecule has 1 unspecified atom stereocenters. The van der Waals surface area contributed by atoms with E-state index >= 15 is 0 Å². The number of carbonyl (C=O) groups is 3. The van der Waals surface area contributed by atoms with Crippen LogP contribution in [-0.2, 0) is 14.3 Å². The monoisotopic (exact) mass is 244 g/mol. The lowest BCUT2D eigenvalue weighted by molar-refractivity contribution is -0.146. The van der Waals surface area contributed by atoms with Gasteiger partial charge in [0.15, 0.2) is 0 Å². The molecule has 1 fully saturated rings. The highest BCUT2D eigenvalue weighted by Gasteiger charge is 2.43. The third-order valence-electron chi connectivity index (χ3n) is 1.92. The molecule has 6 nitrogen and oxygen atoms in total. The Hall–Kier alpha value is -1.59. The maximum Gasteiger partial charge on any atom is 0.322 e. The average Bonchev–Trinajstić information content (AvgIpc) is 2.41. The first-order valence-electron chi connectivity index (χ1n) is 5.68. The molecule has 1 aliphatic heterocycles. The Balaban J connectivity index is 0.000000770. The lowest BCUT2D eigenvalue weighted by Crippen LogP contribution is -2.45. The molecule has 3 amide bonds. The molecule has 0 aromatic rings. The van der Waals surface area contributed by atoms with E-state index in [-0.39, 0.29) is 13.0 Å². The van der Waals surface area contributed by atoms with E-state index in [1.54, 1.807) is 6.92 Å². The average molecular weight is 244 g/mol. The fraction of sp³-hybridized carbons (Fsp3) is 0.727. The second-order valence-electron chi connectivity index (χ2n) is 3.93. The van der Waals surface area contributed by atoms with Crippen LogP contribution in [0, 0.1) is 0 Å². The van der Waals surface area contributed by atoms with Gasteiger partial charge in [0, 0.05) is 0 Å². The van der Waals surface area contributed by atoms with Crippen molar-refractivity contribution in [2.45, 2.75) is 46.1 Å². The minimum Gasteiger partial charge on any atom is -0.466 e. The van der Waals surface area contributed by atoms with Crippen molar-refractivity contribution in [3.05, 3.63) is 0 Å². The lowest BCUT2D eigenvalue weighted by Gasteiger charge is -2.18. The van der Waals surface area contributed by atoms with E-state index in [1.165, 1.54) is 13.3 Å². The first kappa shape index (κ1) is 15.4. The molecule has 0 aromatic carbocycles. The zero-order valence-corrected chi connectivity index (χ0v) is 10.8. The van der Waals surface area contributed by atoms with Crippen molar-refractivity contribution < 1.29 is 19.1 Å². The summed E-state index contributed by atoms with van der Waals surface area (Å²) in [4.78, 5) is 33.2. The molecule has 1 saturated heterocycles. The number of amides is 3. The highest BCUT2D eigenvalue weighted by Crippen LogP contribution is 2.14. The molecule has 0 saturated carbocycles. The summed E-state index contributed by atoms with van der Waals surface area (Å²) in [5.74, 6) is -1.01. The summed E-state index contributed by atoms with van der Waals surface area (Å²) < 4.78 is 4.68. The second-order valence-corrected chi connectivity index (χ2v) is 3.93. The van der Waals surface area contributed by atoms with Crippen LogP contribution in [0.5, 0.6) is 0 Å². The topological polar surface area (TPSA) is 84.5 Å². The molecular formula is C11H20N2O4. The van der Waals surface area contributed by atoms with Gasteiger partial charge < -0.3 is 10.1 Å². The minimum absolute atomic E-state index is 0.154. The van der Waals surface area contributed by atoms with E-state index in [0.29, 0.717) is 0 Å². The number of urea groups is 1. The number of carbonyl (C=O) groups excluding carboxylic acids is 3. The van der Waals surface area contributed by atoms with Crippen molar-refractivity contribution in [2.75, 3.05) is 6.61 Å². The normalized spacial score (nSPS) is 22.1. The first-order valence-corrected chi connectivity index (χ1v) is 5.68. The fourth-order valence-electron chi connectivity index (χ4n) is 1.20. The van der Waals surface area contributed by atoms with E-state index in [1.807, 2.05) is 0 Å². The zero-order chi connectivity index (χ0) is 13.5. The molecule has 0 aliphatic carbocycles. The standard InChI is InChI=1S/C8H12N2O4.C3H8/c1-3-14-5(11)4-8(2)6(12)9-7(13)10-8;1-3-2/h3-4H2,1-2H3,(H2,9,10,12,13);3H2,1-2H3.